The van der Waals surface area contributed by atoms with E-state index in [2.05, 4.69) is 16.4 Å². The number of hydrogen-bond donors (Lipinski definition) is 1. The third kappa shape index (κ3) is 2.73. The Hall–Kier alpha value is -1.77. The Morgan fingerprint density at radius 1 is 1.56 bits per heavy atom. The van der Waals surface area contributed by atoms with Gasteiger partial charge in [0.25, 0.3) is 0 Å². The van der Waals surface area contributed by atoms with E-state index in [9.17, 15) is 0 Å². The molecule has 0 radical (unpaired) electrons. The zero-order chi connectivity index (χ0) is 13.0. The third-order valence-electron chi connectivity index (χ3n) is 2.31. The SMILES string of the molecule is COc1cccc(C#N)c1NCc1ncc(Cl)s1. The van der Waals surface area contributed by atoms with Crippen molar-refractivity contribution < 1.29 is 4.74 Å². The van der Waals surface area contributed by atoms with Gasteiger partial charge in [0.05, 0.1) is 31.1 Å². The number of anilines is 1. The summed E-state index contributed by atoms with van der Waals surface area (Å²) in [6.07, 6.45) is 1.61. The second-order valence-electron chi connectivity index (χ2n) is 3.41. The van der Waals surface area contributed by atoms with Crippen LogP contribution in [-0.4, -0.2) is 12.1 Å². The van der Waals surface area contributed by atoms with Crippen molar-refractivity contribution in [2.45, 2.75) is 6.54 Å². The lowest BCUT2D eigenvalue weighted by Gasteiger charge is -2.11. The van der Waals surface area contributed by atoms with Crippen LogP contribution < -0.4 is 10.1 Å². The first kappa shape index (κ1) is 12.7. The van der Waals surface area contributed by atoms with E-state index in [-0.39, 0.29) is 0 Å². The average Bonchev–Trinajstić information content (AvgIpc) is 2.81. The number of ether oxygens (including phenoxy) is 1. The minimum atomic E-state index is 0.506. The Morgan fingerprint density at radius 2 is 2.39 bits per heavy atom. The number of rotatable bonds is 4. The molecule has 0 saturated heterocycles. The quantitative estimate of drug-likeness (QED) is 0.933. The van der Waals surface area contributed by atoms with E-state index in [1.807, 2.05) is 0 Å². The van der Waals surface area contributed by atoms with Crippen LogP contribution in [0.4, 0.5) is 5.69 Å². The number of methoxy groups -OCH3 is 1. The van der Waals surface area contributed by atoms with Crippen LogP contribution in [0.5, 0.6) is 5.75 Å². The number of nitrogens with one attached hydrogen (secondary N) is 1. The van der Waals surface area contributed by atoms with Gasteiger partial charge in [0.15, 0.2) is 0 Å². The minimum Gasteiger partial charge on any atom is -0.495 e. The molecule has 0 unspecified atom stereocenters. The maximum Gasteiger partial charge on any atom is 0.143 e. The van der Waals surface area contributed by atoms with Gasteiger partial charge in [-0.2, -0.15) is 5.26 Å². The van der Waals surface area contributed by atoms with Crippen molar-refractivity contribution in [3.05, 3.63) is 39.3 Å². The zero-order valence-electron chi connectivity index (χ0n) is 9.61. The first-order chi connectivity index (χ1) is 8.74. The topological polar surface area (TPSA) is 57.9 Å². The highest BCUT2D eigenvalue weighted by Crippen LogP contribution is 2.29. The van der Waals surface area contributed by atoms with Crippen LogP contribution in [0.2, 0.25) is 4.34 Å². The maximum absolute atomic E-state index is 9.06. The zero-order valence-corrected chi connectivity index (χ0v) is 11.2. The number of thiazole rings is 1. The van der Waals surface area contributed by atoms with Gasteiger partial charge in [0.2, 0.25) is 0 Å². The van der Waals surface area contributed by atoms with Crippen LogP contribution in [0.1, 0.15) is 10.6 Å². The molecule has 0 aliphatic rings. The molecule has 0 spiro atoms. The predicted octanol–water partition coefficient (Wildman–Crippen LogP) is 3.29. The highest BCUT2D eigenvalue weighted by Gasteiger charge is 2.09. The van der Waals surface area contributed by atoms with E-state index in [4.69, 9.17) is 21.6 Å². The molecule has 92 valence electrons. The van der Waals surface area contributed by atoms with Gasteiger partial charge in [0.1, 0.15) is 21.2 Å². The number of halogens is 1. The molecule has 1 aromatic carbocycles. The average molecular weight is 280 g/mol. The molecule has 0 atom stereocenters. The van der Waals surface area contributed by atoms with Crippen LogP contribution in [0.15, 0.2) is 24.4 Å². The van der Waals surface area contributed by atoms with E-state index in [1.54, 1.807) is 31.5 Å². The summed E-state index contributed by atoms with van der Waals surface area (Å²) >= 11 is 7.21. The number of benzene rings is 1. The van der Waals surface area contributed by atoms with Crippen LogP contribution in [0.3, 0.4) is 0 Å². The van der Waals surface area contributed by atoms with Crippen molar-refractivity contribution in [3.63, 3.8) is 0 Å². The highest BCUT2D eigenvalue weighted by atomic mass is 35.5. The number of hydrogen-bond acceptors (Lipinski definition) is 5. The Labute approximate surface area is 114 Å². The summed E-state index contributed by atoms with van der Waals surface area (Å²) in [4.78, 5) is 4.14. The minimum absolute atomic E-state index is 0.506. The Morgan fingerprint density at radius 3 is 3.00 bits per heavy atom. The largest absolute Gasteiger partial charge is 0.495 e. The lowest BCUT2D eigenvalue weighted by atomic mass is 10.2. The summed E-state index contributed by atoms with van der Waals surface area (Å²) in [6, 6.07) is 7.45. The number of nitrogens with zero attached hydrogens (tertiary/aromatic N) is 2. The molecule has 2 rings (SSSR count). The molecule has 18 heavy (non-hydrogen) atoms. The van der Waals surface area contributed by atoms with Gasteiger partial charge in [-0.05, 0) is 12.1 Å². The Kier molecular flexibility index (Phi) is 4.03. The number of para-hydroxylation sites is 1. The van der Waals surface area contributed by atoms with Crippen LogP contribution >= 0.6 is 22.9 Å². The van der Waals surface area contributed by atoms with Gasteiger partial charge >= 0.3 is 0 Å². The van der Waals surface area contributed by atoms with Gasteiger partial charge in [-0.25, -0.2) is 4.98 Å². The molecule has 4 nitrogen and oxygen atoms in total. The standard InChI is InChI=1S/C12H10ClN3OS/c1-17-9-4-2-3-8(5-14)12(9)16-7-11-15-6-10(13)18-11/h2-4,6,16H,7H2,1H3. The molecule has 1 heterocycles. The van der Waals surface area contributed by atoms with Crippen molar-refractivity contribution in [2.75, 3.05) is 12.4 Å². The summed E-state index contributed by atoms with van der Waals surface area (Å²) in [6.45, 7) is 0.506. The molecule has 0 aliphatic heterocycles. The van der Waals surface area contributed by atoms with Crippen molar-refractivity contribution in [2.24, 2.45) is 0 Å². The Balaban J connectivity index is 2.20. The first-order valence-electron chi connectivity index (χ1n) is 5.15. The normalized spacial score (nSPS) is 9.83. The van der Waals surface area contributed by atoms with E-state index < -0.39 is 0 Å². The van der Waals surface area contributed by atoms with E-state index in [0.29, 0.717) is 27.9 Å². The predicted molar refractivity (Wildman–Crippen MR) is 72.2 cm³/mol. The summed E-state index contributed by atoms with van der Waals surface area (Å²) in [7, 11) is 1.57. The maximum atomic E-state index is 9.06. The van der Waals surface area contributed by atoms with Gasteiger partial charge in [-0.3, -0.25) is 0 Å². The molecular weight excluding hydrogens is 270 g/mol. The van der Waals surface area contributed by atoms with Crippen molar-refractivity contribution in [1.29, 1.82) is 5.26 Å². The summed E-state index contributed by atoms with van der Waals surface area (Å²) in [5.74, 6) is 0.636. The van der Waals surface area contributed by atoms with E-state index >= 15 is 0 Å². The van der Waals surface area contributed by atoms with Gasteiger partial charge in [-0.15, -0.1) is 11.3 Å². The molecule has 0 bridgehead atoms. The second-order valence-corrected chi connectivity index (χ2v) is 5.15. The van der Waals surface area contributed by atoms with Crippen LogP contribution in [0, 0.1) is 11.3 Å². The monoisotopic (exact) mass is 279 g/mol. The number of aromatic nitrogens is 1. The van der Waals surface area contributed by atoms with E-state index in [1.165, 1.54) is 11.3 Å². The fourth-order valence-corrected chi connectivity index (χ4v) is 2.41. The summed E-state index contributed by atoms with van der Waals surface area (Å²) < 4.78 is 5.87. The molecule has 6 heteroatoms. The first-order valence-corrected chi connectivity index (χ1v) is 6.35. The molecule has 0 amide bonds. The molecule has 1 N–H and O–H groups in total. The molecular formula is C12H10ClN3OS. The third-order valence-corrected chi connectivity index (χ3v) is 3.42. The summed E-state index contributed by atoms with van der Waals surface area (Å²) in [5.41, 5.74) is 1.21. The lowest BCUT2D eigenvalue weighted by molar-refractivity contribution is 0.416. The highest BCUT2D eigenvalue weighted by molar-refractivity contribution is 7.15. The smallest absolute Gasteiger partial charge is 0.143 e. The second kappa shape index (κ2) is 5.71. The molecule has 2 aromatic rings. The number of nitriles is 1. The van der Waals surface area contributed by atoms with Crippen LogP contribution in [-0.2, 0) is 6.54 Å². The van der Waals surface area contributed by atoms with Gasteiger partial charge in [0, 0.05) is 0 Å². The fourth-order valence-electron chi connectivity index (χ4n) is 1.51. The lowest BCUT2D eigenvalue weighted by Crippen LogP contribution is -2.03. The van der Waals surface area contributed by atoms with E-state index in [0.717, 1.165) is 5.01 Å². The molecule has 1 aromatic heterocycles. The molecule has 0 aliphatic carbocycles. The van der Waals surface area contributed by atoms with Crippen molar-refractivity contribution >= 4 is 28.6 Å². The summed E-state index contributed by atoms with van der Waals surface area (Å²) in [5, 5.41) is 13.1. The fraction of sp³-hybridized carbons (Fsp3) is 0.167. The molecule has 0 fully saturated rings. The molecule has 0 saturated carbocycles. The van der Waals surface area contributed by atoms with Gasteiger partial charge < -0.3 is 10.1 Å². The Bertz CT molecular complexity index is 591. The van der Waals surface area contributed by atoms with Crippen molar-refractivity contribution in [1.82, 2.24) is 4.98 Å². The van der Waals surface area contributed by atoms with Gasteiger partial charge in [-0.1, -0.05) is 17.7 Å². The van der Waals surface area contributed by atoms with Crippen LogP contribution in [0.25, 0.3) is 0 Å². The van der Waals surface area contributed by atoms with Crippen molar-refractivity contribution in [3.8, 4) is 11.8 Å².